The van der Waals surface area contributed by atoms with Gasteiger partial charge in [-0.3, -0.25) is 4.79 Å². The summed E-state index contributed by atoms with van der Waals surface area (Å²) in [5, 5.41) is 6.14. The van der Waals surface area contributed by atoms with Crippen LogP contribution in [0.15, 0.2) is 18.2 Å². The Kier molecular flexibility index (Phi) is 7.23. The minimum absolute atomic E-state index is 0.0136. The second-order valence-electron chi connectivity index (χ2n) is 5.82. The summed E-state index contributed by atoms with van der Waals surface area (Å²) in [6.45, 7) is 10.0. The molecule has 2 N–H and O–H groups in total. The number of methoxy groups -OCH3 is 1. The van der Waals surface area contributed by atoms with Gasteiger partial charge in [0, 0.05) is 19.3 Å². The van der Waals surface area contributed by atoms with Gasteiger partial charge in [-0.15, -0.1) is 0 Å². The number of hydrogen-bond acceptors (Lipinski definition) is 3. The van der Waals surface area contributed by atoms with E-state index in [-0.39, 0.29) is 12.5 Å². The number of carbonyl (C=O) groups is 1. The van der Waals surface area contributed by atoms with Gasteiger partial charge < -0.3 is 15.4 Å². The predicted octanol–water partition coefficient (Wildman–Crippen LogP) is 3.11. The monoisotopic (exact) mass is 292 g/mol. The third-order valence-electron chi connectivity index (χ3n) is 3.43. The van der Waals surface area contributed by atoms with Gasteiger partial charge in [0.05, 0.1) is 13.2 Å². The van der Waals surface area contributed by atoms with Gasteiger partial charge in [0.15, 0.2) is 0 Å². The zero-order valence-electron chi connectivity index (χ0n) is 13.8. The zero-order valence-corrected chi connectivity index (χ0v) is 13.8. The van der Waals surface area contributed by atoms with Crippen LogP contribution in [-0.2, 0) is 9.53 Å². The molecule has 0 fully saturated rings. The van der Waals surface area contributed by atoms with Crippen molar-refractivity contribution in [3.63, 3.8) is 0 Å². The first-order valence-corrected chi connectivity index (χ1v) is 7.59. The van der Waals surface area contributed by atoms with E-state index in [2.05, 4.69) is 56.5 Å². The van der Waals surface area contributed by atoms with E-state index in [0.717, 1.165) is 5.69 Å². The van der Waals surface area contributed by atoms with E-state index in [1.807, 2.05) is 0 Å². The molecule has 0 aromatic heterocycles. The van der Waals surface area contributed by atoms with Crippen molar-refractivity contribution in [3.8, 4) is 0 Å². The SMILES string of the molecule is COCCNC(=O)CNc1c(C(C)C)cccc1C(C)C. The van der Waals surface area contributed by atoms with Crippen LogP contribution < -0.4 is 10.6 Å². The Bertz CT molecular complexity index is 430. The molecule has 0 aliphatic carbocycles. The first-order chi connectivity index (χ1) is 9.97. The Morgan fingerprint density at radius 2 is 1.71 bits per heavy atom. The molecular formula is C17H28N2O2. The number of hydrogen-bond donors (Lipinski definition) is 2. The number of para-hydroxylation sites is 1. The summed E-state index contributed by atoms with van der Waals surface area (Å²) in [6.07, 6.45) is 0. The number of amides is 1. The van der Waals surface area contributed by atoms with Crippen LogP contribution in [0.3, 0.4) is 0 Å². The molecule has 1 amide bonds. The Morgan fingerprint density at radius 3 is 2.19 bits per heavy atom. The number of nitrogens with one attached hydrogen (secondary N) is 2. The summed E-state index contributed by atoms with van der Waals surface area (Å²) < 4.78 is 4.92. The topological polar surface area (TPSA) is 50.4 Å². The van der Waals surface area contributed by atoms with E-state index in [0.29, 0.717) is 25.0 Å². The van der Waals surface area contributed by atoms with E-state index >= 15 is 0 Å². The molecule has 0 bridgehead atoms. The van der Waals surface area contributed by atoms with Crippen molar-refractivity contribution in [2.75, 3.05) is 32.1 Å². The summed E-state index contributed by atoms with van der Waals surface area (Å²) >= 11 is 0. The maximum atomic E-state index is 11.8. The minimum Gasteiger partial charge on any atom is -0.383 e. The van der Waals surface area contributed by atoms with Crippen LogP contribution in [0.4, 0.5) is 5.69 Å². The van der Waals surface area contributed by atoms with Crippen molar-refractivity contribution in [2.24, 2.45) is 0 Å². The zero-order chi connectivity index (χ0) is 15.8. The Hall–Kier alpha value is -1.55. The number of benzene rings is 1. The van der Waals surface area contributed by atoms with E-state index in [4.69, 9.17) is 4.74 Å². The molecule has 1 aromatic carbocycles. The van der Waals surface area contributed by atoms with Crippen LogP contribution in [0.2, 0.25) is 0 Å². The maximum absolute atomic E-state index is 11.8. The van der Waals surface area contributed by atoms with E-state index < -0.39 is 0 Å². The van der Waals surface area contributed by atoms with Gasteiger partial charge in [-0.2, -0.15) is 0 Å². The first kappa shape index (κ1) is 17.5. The summed E-state index contributed by atoms with van der Waals surface area (Å²) in [5.74, 6) is 0.825. The molecule has 0 aliphatic rings. The second kappa shape index (κ2) is 8.67. The molecule has 0 saturated carbocycles. The van der Waals surface area contributed by atoms with Crippen LogP contribution in [0.1, 0.15) is 50.7 Å². The molecule has 118 valence electrons. The molecule has 21 heavy (non-hydrogen) atoms. The summed E-state index contributed by atoms with van der Waals surface area (Å²) in [7, 11) is 1.62. The van der Waals surface area contributed by atoms with E-state index in [9.17, 15) is 4.79 Å². The van der Waals surface area contributed by atoms with Crippen molar-refractivity contribution in [1.82, 2.24) is 5.32 Å². The first-order valence-electron chi connectivity index (χ1n) is 7.59. The van der Waals surface area contributed by atoms with Crippen molar-refractivity contribution in [3.05, 3.63) is 29.3 Å². The lowest BCUT2D eigenvalue weighted by molar-refractivity contribution is -0.119. The average molecular weight is 292 g/mol. The molecule has 0 aliphatic heterocycles. The van der Waals surface area contributed by atoms with Crippen molar-refractivity contribution < 1.29 is 9.53 Å². The van der Waals surface area contributed by atoms with Crippen molar-refractivity contribution in [2.45, 2.75) is 39.5 Å². The molecule has 0 spiro atoms. The van der Waals surface area contributed by atoms with Crippen LogP contribution >= 0.6 is 0 Å². The fourth-order valence-corrected chi connectivity index (χ4v) is 2.28. The molecule has 4 heteroatoms. The average Bonchev–Trinajstić information content (AvgIpc) is 2.44. The highest BCUT2D eigenvalue weighted by Gasteiger charge is 2.14. The number of ether oxygens (including phenoxy) is 1. The molecule has 0 radical (unpaired) electrons. The molecule has 0 heterocycles. The van der Waals surface area contributed by atoms with Gasteiger partial charge in [-0.05, 0) is 23.0 Å². The number of anilines is 1. The highest BCUT2D eigenvalue weighted by atomic mass is 16.5. The second-order valence-corrected chi connectivity index (χ2v) is 5.82. The van der Waals surface area contributed by atoms with Gasteiger partial charge in [0.2, 0.25) is 5.91 Å². The standard InChI is InChI=1S/C17H28N2O2/c1-12(2)14-7-6-8-15(13(3)4)17(14)19-11-16(20)18-9-10-21-5/h6-8,12-13,19H,9-11H2,1-5H3,(H,18,20). The number of carbonyl (C=O) groups excluding carboxylic acids is 1. The summed E-state index contributed by atoms with van der Waals surface area (Å²) in [4.78, 5) is 11.8. The predicted molar refractivity (Wildman–Crippen MR) is 88.0 cm³/mol. The molecule has 0 unspecified atom stereocenters. The third kappa shape index (κ3) is 5.38. The summed E-state index contributed by atoms with van der Waals surface area (Å²) in [5.41, 5.74) is 3.61. The van der Waals surface area contributed by atoms with Gasteiger partial charge in [-0.25, -0.2) is 0 Å². The van der Waals surface area contributed by atoms with Crippen LogP contribution in [-0.4, -0.2) is 32.7 Å². The number of rotatable bonds is 8. The van der Waals surface area contributed by atoms with E-state index in [1.54, 1.807) is 7.11 Å². The quantitative estimate of drug-likeness (QED) is 0.724. The maximum Gasteiger partial charge on any atom is 0.239 e. The molecule has 0 saturated heterocycles. The van der Waals surface area contributed by atoms with Gasteiger partial charge >= 0.3 is 0 Å². The Morgan fingerprint density at radius 1 is 1.14 bits per heavy atom. The van der Waals surface area contributed by atoms with Crippen LogP contribution in [0, 0.1) is 0 Å². The smallest absolute Gasteiger partial charge is 0.239 e. The lowest BCUT2D eigenvalue weighted by Gasteiger charge is -2.20. The minimum atomic E-state index is -0.0136. The van der Waals surface area contributed by atoms with E-state index in [1.165, 1.54) is 11.1 Å². The van der Waals surface area contributed by atoms with Crippen LogP contribution in [0.25, 0.3) is 0 Å². The fourth-order valence-electron chi connectivity index (χ4n) is 2.28. The lowest BCUT2D eigenvalue weighted by Crippen LogP contribution is -2.32. The normalized spacial score (nSPS) is 11.0. The Balaban J connectivity index is 2.78. The molecule has 4 nitrogen and oxygen atoms in total. The van der Waals surface area contributed by atoms with Gasteiger partial charge in [0.1, 0.15) is 0 Å². The fraction of sp³-hybridized carbons (Fsp3) is 0.588. The largest absolute Gasteiger partial charge is 0.383 e. The third-order valence-corrected chi connectivity index (χ3v) is 3.43. The lowest BCUT2D eigenvalue weighted by atomic mass is 9.92. The highest BCUT2D eigenvalue weighted by molar-refractivity contribution is 5.81. The molecular weight excluding hydrogens is 264 g/mol. The summed E-state index contributed by atoms with van der Waals surface area (Å²) in [6, 6.07) is 6.35. The molecule has 1 rings (SSSR count). The Labute approximate surface area is 128 Å². The van der Waals surface area contributed by atoms with Gasteiger partial charge in [-0.1, -0.05) is 45.9 Å². The van der Waals surface area contributed by atoms with Crippen molar-refractivity contribution in [1.29, 1.82) is 0 Å². The molecule has 1 aromatic rings. The van der Waals surface area contributed by atoms with Gasteiger partial charge in [0.25, 0.3) is 0 Å². The highest BCUT2D eigenvalue weighted by Crippen LogP contribution is 2.32. The van der Waals surface area contributed by atoms with Crippen molar-refractivity contribution >= 4 is 11.6 Å². The molecule has 0 atom stereocenters. The van der Waals surface area contributed by atoms with Crippen LogP contribution in [0.5, 0.6) is 0 Å².